The second-order valence-corrected chi connectivity index (χ2v) is 18.6. The van der Waals surface area contributed by atoms with Gasteiger partial charge in [0, 0.05) is 79.5 Å². The van der Waals surface area contributed by atoms with E-state index in [4.69, 9.17) is 21.1 Å². The Bertz CT molecular complexity index is 2110. The van der Waals surface area contributed by atoms with Gasteiger partial charge in [0.25, 0.3) is 11.8 Å². The highest BCUT2D eigenvalue weighted by molar-refractivity contribution is 6.31. The van der Waals surface area contributed by atoms with Gasteiger partial charge < -0.3 is 25.0 Å². The molecule has 2 aromatic carbocycles. The molecule has 4 aliphatic rings. The lowest BCUT2D eigenvalue weighted by molar-refractivity contribution is -0.164. The Labute approximate surface area is 356 Å². The van der Waals surface area contributed by atoms with Crippen molar-refractivity contribution in [1.82, 2.24) is 30.8 Å². The SMILES string of the molecule is CC(C)N(CC1CCN(c2cnc(C(=O)N[C@H]3C(C)(C)[C@H](Oc4ccc(C#N)c(Cl)c4)C3(C)C)cn2)CC1)[C@H]1C[C@H](Oc2ccc(C(=O)NC3CCC(=O)NC3=O)cc2)C1. The summed E-state index contributed by atoms with van der Waals surface area (Å²) >= 11 is 6.25. The largest absolute Gasteiger partial charge is 0.490 e. The molecule has 7 rings (SSSR count). The van der Waals surface area contributed by atoms with Crippen LogP contribution in [0.4, 0.5) is 5.82 Å². The number of aromatic nitrogens is 2. The molecule has 1 aromatic heterocycles. The number of imide groups is 1. The first kappa shape index (κ1) is 42.8. The van der Waals surface area contributed by atoms with Crippen LogP contribution in [0.15, 0.2) is 54.9 Å². The van der Waals surface area contributed by atoms with Crippen molar-refractivity contribution in [3.8, 4) is 17.6 Å². The first-order chi connectivity index (χ1) is 28.5. The normalized spacial score (nSPS) is 24.7. The lowest BCUT2D eigenvalue weighted by atomic mass is 9.49. The van der Waals surface area contributed by atoms with E-state index >= 15 is 0 Å². The summed E-state index contributed by atoms with van der Waals surface area (Å²) in [5.41, 5.74) is 0.300. The van der Waals surface area contributed by atoms with E-state index in [1.165, 1.54) is 0 Å². The third-order valence-electron chi connectivity index (χ3n) is 12.9. The smallest absolute Gasteiger partial charge is 0.271 e. The van der Waals surface area contributed by atoms with E-state index in [2.05, 4.69) is 83.3 Å². The molecule has 2 saturated heterocycles. The first-order valence-electron chi connectivity index (χ1n) is 20.9. The number of ether oxygens (including phenoxy) is 2. The zero-order chi connectivity index (χ0) is 42.9. The van der Waals surface area contributed by atoms with Gasteiger partial charge in [-0.25, -0.2) is 9.97 Å². The lowest BCUT2D eigenvalue weighted by Crippen LogP contribution is -2.74. The van der Waals surface area contributed by atoms with Gasteiger partial charge in [-0.1, -0.05) is 39.3 Å². The zero-order valence-electron chi connectivity index (χ0n) is 35.2. The molecule has 15 heteroatoms. The number of rotatable bonds is 13. The van der Waals surface area contributed by atoms with Crippen molar-refractivity contribution in [2.75, 3.05) is 24.5 Å². The fourth-order valence-corrected chi connectivity index (χ4v) is 9.89. The van der Waals surface area contributed by atoms with Gasteiger partial charge in [0.05, 0.1) is 23.0 Å². The molecule has 1 unspecified atom stereocenters. The van der Waals surface area contributed by atoms with E-state index in [9.17, 15) is 24.4 Å². The molecule has 3 N–H and O–H groups in total. The van der Waals surface area contributed by atoms with Crippen LogP contribution < -0.4 is 30.3 Å². The molecule has 2 aliphatic heterocycles. The molecule has 4 fully saturated rings. The van der Waals surface area contributed by atoms with Gasteiger partial charge in [-0.3, -0.25) is 29.4 Å². The van der Waals surface area contributed by atoms with E-state index in [0.717, 1.165) is 51.1 Å². The first-order valence-corrected chi connectivity index (χ1v) is 21.3. The maximum Gasteiger partial charge on any atom is 0.271 e. The monoisotopic (exact) mass is 838 g/mol. The molecule has 60 heavy (non-hydrogen) atoms. The quantitative estimate of drug-likeness (QED) is 0.180. The minimum absolute atomic E-state index is 0.0997. The molecule has 2 saturated carbocycles. The summed E-state index contributed by atoms with van der Waals surface area (Å²) in [5, 5.41) is 17.7. The van der Waals surface area contributed by atoms with Gasteiger partial charge in [-0.15, -0.1) is 0 Å². The van der Waals surface area contributed by atoms with Crippen molar-refractivity contribution in [3.05, 3.63) is 76.7 Å². The Kier molecular flexibility index (Phi) is 12.4. The van der Waals surface area contributed by atoms with E-state index in [0.29, 0.717) is 52.1 Å². The number of hydrogen-bond donors (Lipinski definition) is 3. The second kappa shape index (κ2) is 17.4. The standard InChI is InChI=1S/C45H55ClN8O6/c1-26(2)54(30-19-33(20-30)59-31-10-7-28(8-11-31)39(56)50-35-13-14-38(55)51-40(35)57)25-27-15-17-53(18-16-27)37-24-48-36(23-49-37)41(58)52-42-44(3,4)43(45(42,5)6)60-32-12-9-29(22-47)34(46)21-32/h7-12,21,23-24,26-27,30,33,35,42-43H,13-20,25H2,1-6H3,(H,50,56)(H,52,58)(H,51,55,57)/t30-,33-,35?,42-,43-. The average molecular weight is 839 g/mol. The number of nitriles is 1. The number of benzene rings is 2. The van der Waals surface area contributed by atoms with Crippen LogP contribution in [0.2, 0.25) is 5.02 Å². The highest BCUT2D eigenvalue weighted by Gasteiger charge is 2.64. The van der Waals surface area contributed by atoms with Gasteiger partial charge in [0.15, 0.2) is 0 Å². The van der Waals surface area contributed by atoms with Crippen LogP contribution in [0.25, 0.3) is 0 Å². The van der Waals surface area contributed by atoms with E-state index < -0.39 is 22.8 Å². The zero-order valence-corrected chi connectivity index (χ0v) is 35.9. The number of carbonyl (C=O) groups is 4. The third-order valence-corrected chi connectivity index (χ3v) is 13.2. The van der Waals surface area contributed by atoms with E-state index in [1.807, 2.05) is 0 Å². The van der Waals surface area contributed by atoms with Crippen molar-refractivity contribution in [3.63, 3.8) is 0 Å². The van der Waals surface area contributed by atoms with Crippen molar-refractivity contribution < 1.29 is 28.7 Å². The molecule has 0 radical (unpaired) electrons. The fourth-order valence-electron chi connectivity index (χ4n) is 9.68. The number of nitrogens with one attached hydrogen (secondary N) is 3. The fraction of sp³-hybridized carbons (Fsp3) is 0.533. The maximum atomic E-state index is 13.4. The molecular formula is C45H55ClN8O6. The lowest BCUT2D eigenvalue weighted by Gasteiger charge is -2.63. The van der Waals surface area contributed by atoms with Gasteiger partial charge in [-0.05, 0) is 75.4 Å². The highest BCUT2D eigenvalue weighted by Crippen LogP contribution is 2.55. The van der Waals surface area contributed by atoms with Crippen LogP contribution >= 0.6 is 11.6 Å². The van der Waals surface area contributed by atoms with Crippen LogP contribution in [0, 0.1) is 28.1 Å². The number of nitrogens with zero attached hydrogens (tertiary/aromatic N) is 5. The molecule has 4 amide bonds. The predicted octanol–water partition coefficient (Wildman–Crippen LogP) is 5.69. The number of carbonyl (C=O) groups excluding carboxylic acids is 4. The average Bonchev–Trinajstić information content (AvgIpc) is 3.20. The molecule has 3 aromatic rings. The Balaban J connectivity index is 0.842. The summed E-state index contributed by atoms with van der Waals surface area (Å²) in [7, 11) is 0. The van der Waals surface area contributed by atoms with Crippen molar-refractivity contribution in [2.24, 2.45) is 16.7 Å². The van der Waals surface area contributed by atoms with Crippen molar-refractivity contribution in [2.45, 2.75) is 116 Å². The van der Waals surface area contributed by atoms with Crippen LogP contribution in [0.1, 0.15) is 106 Å². The summed E-state index contributed by atoms with van der Waals surface area (Å²) in [6, 6.07) is 14.0. The van der Waals surface area contributed by atoms with Gasteiger partial charge in [0.1, 0.15) is 47.3 Å². The van der Waals surface area contributed by atoms with E-state index in [1.54, 1.807) is 54.9 Å². The topological polar surface area (TPSA) is 179 Å². The van der Waals surface area contributed by atoms with Crippen LogP contribution in [0.3, 0.4) is 0 Å². The molecule has 0 spiro atoms. The Morgan fingerprint density at radius 3 is 2.23 bits per heavy atom. The Hall–Kier alpha value is -5.26. The number of piperidine rings is 2. The molecular weight excluding hydrogens is 784 g/mol. The van der Waals surface area contributed by atoms with E-state index in [-0.39, 0.29) is 48.1 Å². The number of hydrogen-bond acceptors (Lipinski definition) is 11. The molecule has 14 nitrogen and oxygen atoms in total. The van der Waals surface area contributed by atoms with Gasteiger partial charge >= 0.3 is 0 Å². The Morgan fingerprint density at radius 2 is 1.63 bits per heavy atom. The second-order valence-electron chi connectivity index (χ2n) is 18.1. The van der Waals surface area contributed by atoms with Crippen molar-refractivity contribution in [1.29, 1.82) is 5.26 Å². The Morgan fingerprint density at radius 1 is 0.950 bits per heavy atom. The summed E-state index contributed by atoms with van der Waals surface area (Å²) in [6.07, 6.45) is 7.58. The summed E-state index contributed by atoms with van der Waals surface area (Å²) < 4.78 is 12.6. The number of amides is 4. The molecule has 0 bridgehead atoms. The number of halogens is 1. The van der Waals surface area contributed by atoms with Gasteiger partial charge in [-0.2, -0.15) is 5.26 Å². The summed E-state index contributed by atoms with van der Waals surface area (Å²) in [5.74, 6) is 1.17. The molecule has 3 heterocycles. The highest BCUT2D eigenvalue weighted by atomic mass is 35.5. The number of anilines is 1. The maximum absolute atomic E-state index is 13.4. The van der Waals surface area contributed by atoms with Crippen LogP contribution in [0.5, 0.6) is 11.5 Å². The molecule has 1 atom stereocenters. The summed E-state index contributed by atoms with van der Waals surface area (Å²) in [4.78, 5) is 63.6. The van der Waals surface area contributed by atoms with Crippen LogP contribution in [-0.4, -0.2) is 94.5 Å². The predicted molar refractivity (Wildman–Crippen MR) is 226 cm³/mol. The molecule has 2 aliphatic carbocycles. The van der Waals surface area contributed by atoms with Crippen LogP contribution in [-0.2, 0) is 9.59 Å². The summed E-state index contributed by atoms with van der Waals surface area (Å²) in [6.45, 7) is 15.5. The van der Waals surface area contributed by atoms with Gasteiger partial charge in [0.2, 0.25) is 11.8 Å². The molecule has 318 valence electrons. The minimum atomic E-state index is -0.719. The third kappa shape index (κ3) is 9.07. The van der Waals surface area contributed by atoms with Crippen molar-refractivity contribution >= 4 is 41.0 Å². The minimum Gasteiger partial charge on any atom is -0.490 e.